The zero-order chi connectivity index (χ0) is 26.8. The van der Waals surface area contributed by atoms with Gasteiger partial charge >= 0.3 is 0 Å². The Labute approximate surface area is 228 Å². The van der Waals surface area contributed by atoms with Crippen LogP contribution in [0, 0.1) is 17.1 Å². The Morgan fingerprint density at radius 3 is 2.08 bits per heavy atom. The van der Waals surface area contributed by atoms with Gasteiger partial charge in [0.2, 0.25) is 0 Å². The maximum absolute atomic E-state index is 13.9. The number of para-hydroxylation sites is 1. The lowest BCUT2D eigenvalue weighted by Gasteiger charge is -2.16. The fourth-order valence-electron chi connectivity index (χ4n) is 5.90. The smallest absolute Gasteiger partial charge is 0.135 e. The molecule has 8 aromatic rings. The van der Waals surface area contributed by atoms with E-state index in [4.69, 9.17) is 9.40 Å². The lowest BCUT2D eigenvalue weighted by molar-refractivity contribution is 0.628. The summed E-state index contributed by atoms with van der Waals surface area (Å²) in [5.74, 6) is -0.278. The van der Waals surface area contributed by atoms with Crippen molar-refractivity contribution in [3.8, 4) is 28.5 Å². The zero-order valence-corrected chi connectivity index (χ0v) is 21.2. The molecular formula is C36H19FN2O. The van der Waals surface area contributed by atoms with Gasteiger partial charge in [-0.1, -0.05) is 48.5 Å². The van der Waals surface area contributed by atoms with Crippen molar-refractivity contribution in [3.63, 3.8) is 0 Å². The van der Waals surface area contributed by atoms with Crippen molar-refractivity contribution in [1.29, 1.82) is 5.26 Å². The highest BCUT2D eigenvalue weighted by Gasteiger charge is 2.17. The van der Waals surface area contributed by atoms with Gasteiger partial charge in [-0.3, -0.25) is 0 Å². The number of hydrogen-bond donors (Lipinski definition) is 0. The molecule has 186 valence electrons. The molecule has 0 unspecified atom stereocenters. The van der Waals surface area contributed by atoms with Gasteiger partial charge in [0.15, 0.2) is 0 Å². The van der Waals surface area contributed by atoms with Gasteiger partial charge in [0.25, 0.3) is 0 Å². The van der Waals surface area contributed by atoms with Crippen molar-refractivity contribution in [2.45, 2.75) is 0 Å². The predicted octanol–water partition coefficient (Wildman–Crippen LogP) is 9.79. The van der Waals surface area contributed by atoms with Crippen LogP contribution < -0.4 is 0 Å². The summed E-state index contributed by atoms with van der Waals surface area (Å²) in [5, 5.41) is 16.8. The van der Waals surface area contributed by atoms with Crippen LogP contribution in [0.5, 0.6) is 0 Å². The maximum atomic E-state index is 13.9. The monoisotopic (exact) mass is 514 g/mol. The van der Waals surface area contributed by atoms with Crippen LogP contribution in [-0.2, 0) is 0 Å². The van der Waals surface area contributed by atoms with E-state index in [9.17, 15) is 9.65 Å². The van der Waals surface area contributed by atoms with Crippen molar-refractivity contribution in [2.75, 3.05) is 0 Å². The fraction of sp³-hybridized carbons (Fsp3) is 0. The van der Waals surface area contributed by atoms with E-state index in [1.54, 1.807) is 18.2 Å². The standard InChI is InChI=1S/C36H19FN2O/c37-24-13-10-22(11-14-24)36-31-19-28(23-12-16-34-30(18-23)29-17-21(20-38)9-15-33(29)40-34)25-5-1-2-6-26(25)35(31)27-7-3-4-8-32(27)39-36/h1-19H. The molecule has 0 spiro atoms. The highest BCUT2D eigenvalue weighted by Crippen LogP contribution is 2.42. The molecule has 0 amide bonds. The van der Waals surface area contributed by atoms with Gasteiger partial charge in [-0.2, -0.15) is 5.26 Å². The van der Waals surface area contributed by atoms with Crippen LogP contribution in [0.3, 0.4) is 0 Å². The Hall–Kier alpha value is -5.53. The molecule has 0 aliphatic carbocycles. The number of furan rings is 1. The third-order valence-electron chi connectivity index (χ3n) is 7.73. The van der Waals surface area contributed by atoms with Gasteiger partial charge in [-0.25, -0.2) is 9.37 Å². The number of benzene rings is 6. The number of halogens is 1. The van der Waals surface area contributed by atoms with Crippen molar-refractivity contribution in [2.24, 2.45) is 0 Å². The van der Waals surface area contributed by atoms with Crippen molar-refractivity contribution in [3.05, 3.63) is 127 Å². The van der Waals surface area contributed by atoms with Crippen molar-refractivity contribution < 1.29 is 8.81 Å². The number of pyridine rings is 1. The number of hydrogen-bond acceptors (Lipinski definition) is 3. The summed E-state index contributed by atoms with van der Waals surface area (Å²) >= 11 is 0. The van der Waals surface area contributed by atoms with Crippen LogP contribution in [-0.4, -0.2) is 4.98 Å². The molecule has 2 heterocycles. The van der Waals surface area contributed by atoms with Gasteiger partial charge < -0.3 is 4.42 Å². The van der Waals surface area contributed by atoms with Gasteiger partial charge in [0.1, 0.15) is 17.0 Å². The first-order valence-electron chi connectivity index (χ1n) is 13.0. The van der Waals surface area contributed by atoms with E-state index in [0.29, 0.717) is 5.56 Å². The molecular weight excluding hydrogens is 495 g/mol. The molecule has 0 atom stereocenters. The van der Waals surface area contributed by atoms with Gasteiger partial charge in [0.05, 0.1) is 22.8 Å². The molecule has 0 aliphatic heterocycles. The molecule has 0 radical (unpaired) electrons. The Bertz CT molecular complexity index is 2340. The SMILES string of the molecule is N#Cc1ccc2oc3ccc(-c4cc5c(-c6ccc(F)cc6)nc6ccccc6c5c5ccccc45)cc3c2c1. The van der Waals surface area contributed by atoms with E-state index in [1.807, 2.05) is 36.4 Å². The molecule has 0 bridgehead atoms. The summed E-state index contributed by atoms with van der Waals surface area (Å²) in [7, 11) is 0. The summed E-state index contributed by atoms with van der Waals surface area (Å²) in [5.41, 5.74) is 6.80. The molecule has 3 nitrogen and oxygen atoms in total. The van der Waals surface area contributed by atoms with E-state index >= 15 is 0 Å². The summed E-state index contributed by atoms with van der Waals surface area (Å²) in [6.07, 6.45) is 0. The van der Waals surface area contributed by atoms with E-state index in [2.05, 4.69) is 54.6 Å². The summed E-state index contributed by atoms with van der Waals surface area (Å²) in [4.78, 5) is 5.08. The lowest BCUT2D eigenvalue weighted by Crippen LogP contribution is -1.93. The molecule has 0 N–H and O–H groups in total. The Kier molecular flexibility index (Phi) is 4.77. The highest BCUT2D eigenvalue weighted by atomic mass is 19.1. The second kappa shape index (κ2) is 8.49. The first-order chi connectivity index (χ1) is 19.7. The van der Waals surface area contributed by atoms with Crippen LogP contribution in [0.15, 0.2) is 120 Å². The molecule has 0 saturated carbocycles. The van der Waals surface area contributed by atoms with Gasteiger partial charge in [0, 0.05) is 32.5 Å². The van der Waals surface area contributed by atoms with E-state index in [-0.39, 0.29) is 5.82 Å². The van der Waals surface area contributed by atoms with Crippen LogP contribution in [0.1, 0.15) is 5.56 Å². The minimum Gasteiger partial charge on any atom is -0.456 e. The molecule has 0 fully saturated rings. The third-order valence-corrected chi connectivity index (χ3v) is 7.73. The molecule has 0 aliphatic rings. The number of rotatable bonds is 2. The fourth-order valence-corrected chi connectivity index (χ4v) is 5.90. The van der Waals surface area contributed by atoms with Crippen LogP contribution >= 0.6 is 0 Å². The predicted molar refractivity (Wildman–Crippen MR) is 160 cm³/mol. The quantitative estimate of drug-likeness (QED) is 0.216. The van der Waals surface area contributed by atoms with Gasteiger partial charge in [-0.05, 0) is 88.6 Å². The second-order valence-corrected chi connectivity index (χ2v) is 10.0. The third kappa shape index (κ3) is 3.32. The number of aromatic nitrogens is 1. The number of fused-ring (bicyclic) bond motifs is 8. The van der Waals surface area contributed by atoms with E-state index in [1.165, 1.54) is 12.1 Å². The maximum Gasteiger partial charge on any atom is 0.135 e. The van der Waals surface area contributed by atoms with E-state index in [0.717, 1.165) is 76.8 Å². The largest absolute Gasteiger partial charge is 0.456 e. The Morgan fingerprint density at radius 1 is 0.600 bits per heavy atom. The molecule has 0 saturated heterocycles. The second-order valence-electron chi connectivity index (χ2n) is 10.0. The average molecular weight is 515 g/mol. The molecule has 40 heavy (non-hydrogen) atoms. The number of nitriles is 1. The first-order valence-corrected chi connectivity index (χ1v) is 13.0. The number of nitrogens with zero attached hydrogens (tertiary/aromatic N) is 2. The first kappa shape index (κ1) is 22.5. The molecule has 8 rings (SSSR count). The minimum absolute atomic E-state index is 0.278. The lowest BCUT2D eigenvalue weighted by atomic mass is 9.89. The van der Waals surface area contributed by atoms with Crippen LogP contribution in [0.4, 0.5) is 4.39 Å². The van der Waals surface area contributed by atoms with Crippen LogP contribution in [0.2, 0.25) is 0 Å². The molecule has 6 aromatic carbocycles. The average Bonchev–Trinajstić information content (AvgIpc) is 3.37. The Morgan fingerprint density at radius 2 is 1.27 bits per heavy atom. The zero-order valence-electron chi connectivity index (χ0n) is 21.2. The normalized spacial score (nSPS) is 11.6. The molecule has 4 heteroatoms. The minimum atomic E-state index is -0.278. The van der Waals surface area contributed by atoms with Crippen molar-refractivity contribution >= 4 is 54.4 Å². The Balaban J connectivity index is 1.50. The highest BCUT2D eigenvalue weighted by molar-refractivity contribution is 6.25. The topological polar surface area (TPSA) is 49.8 Å². The summed E-state index contributed by atoms with van der Waals surface area (Å²) in [6.45, 7) is 0. The van der Waals surface area contributed by atoms with Crippen molar-refractivity contribution in [1.82, 2.24) is 4.98 Å². The summed E-state index contributed by atoms with van der Waals surface area (Å²) < 4.78 is 20.0. The van der Waals surface area contributed by atoms with Crippen LogP contribution in [0.25, 0.3) is 76.8 Å². The molecule has 2 aromatic heterocycles. The van der Waals surface area contributed by atoms with Gasteiger partial charge in [-0.15, -0.1) is 0 Å². The van der Waals surface area contributed by atoms with E-state index < -0.39 is 0 Å². The summed E-state index contributed by atoms with van der Waals surface area (Å²) in [6, 6.07) is 39.3.